The van der Waals surface area contributed by atoms with Crippen molar-refractivity contribution in [2.75, 3.05) is 47.9 Å². The monoisotopic (exact) mass is 341 g/mol. The number of ether oxygens (including phenoxy) is 1. The molecular weight excluding hydrogens is 317 g/mol. The summed E-state index contributed by atoms with van der Waals surface area (Å²) in [6, 6.07) is 0. The van der Waals surface area contributed by atoms with Gasteiger partial charge in [-0.25, -0.2) is 0 Å². The van der Waals surface area contributed by atoms with Gasteiger partial charge in [-0.2, -0.15) is 0 Å². The molecule has 96 valence electrons. The molecule has 1 unspecified atom stereocenters. The summed E-state index contributed by atoms with van der Waals surface area (Å²) in [4.78, 5) is 8.75. The van der Waals surface area contributed by atoms with E-state index in [1.165, 1.54) is 0 Å². The molecule has 0 spiro atoms. The van der Waals surface area contributed by atoms with Gasteiger partial charge in [0.25, 0.3) is 0 Å². The highest BCUT2D eigenvalue weighted by atomic mass is 127. The summed E-state index contributed by atoms with van der Waals surface area (Å²) in [6.45, 7) is 4.81. The fourth-order valence-electron chi connectivity index (χ4n) is 1.78. The van der Waals surface area contributed by atoms with E-state index in [1.54, 1.807) is 0 Å². The molecule has 1 aliphatic heterocycles. The van der Waals surface area contributed by atoms with Gasteiger partial charge in [-0.3, -0.25) is 4.99 Å². The average molecular weight is 341 g/mol. The minimum Gasteiger partial charge on any atom is -0.381 e. The fraction of sp³-hybridized carbons (Fsp3) is 0.909. The number of guanidine groups is 1. The highest BCUT2D eigenvalue weighted by Crippen LogP contribution is 2.27. The number of nitrogens with zero attached hydrogens (tertiary/aromatic N) is 3. The van der Waals surface area contributed by atoms with Crippen molar-refractivity contribution in [2.45, 2.75) is 13.3 Å². The SMILES string of the molecule is CN(C)C(=NCC1(C)CCOC1)N(C)C.I. The zero-order valence-corrected chi connectivity index (χ0v) is 13.3. The summed E-state index contributed by atoms with van der Waals surface area (Å²) in [6.07, 6.45) is 1.12. The lowest BCUT2D eigenvalue weighted by Gasteiger charge is -2.25. The first kappa shape index (κ1) is 16.0. The molecule has 4 nitrogen and oxygen atoms in total. The van der Waals surface area contributed by atoms with Crippen LogP contribution >= 0.6 is 24.0 Å². The lowest BCUT2D eigenvalue weighted by molar-refractivity contribution is 0.162. The fourth-order valence-corrected chi connectivity index (χ4v) is 1.78. The summed E-state index contributed by atoms with van der Waals surface area (Å²) < 4.78 is 5.42. The summed E-state index contributed by atoms with van der Waals surface area (Å²) in [5.74, 6) is 1.02. The second-order valence-corrected chi connectivity index (χ2v) is 5.02. The summed E-state index contributed by atoms with van der Waals surface area (Å²) in [5, 5.41) is 0. The molecule has 16 heavy (non-hydrogen) atoms. The van der Waals surface area contributed by atoms with Crippen molar-refractivity contribution < 1.29 is 4.74 Å². The second kappa shape index (κ2) is 6.64. The molecule has 1 aliphatic rings. The van der Waals surface area contributed by atoms with Crippen molar-refractivity contribution >= 4 is 29.9 Å². The van der Waals surface area contributed by atoms with E-state index >= 15 is 0 Å². The average Bonchev–Trinajstić information content (AvgIpc) is 2.51. The van der Waals surface area contributed by atoms with E-state index in [0.717, 1.165) is 32.1 Å². The van der Waals surface area contributed by atoms with Crippen LogP contribution in [0.25, 0.3) is 0 Å². The Labute approximate surface area is 116 Å². The molecule has 0 bridgehead atoms. The third-order valence-electron chi connectivity index (χ3n) is 2.70. The van der Waals surface area contributed by atoms with Crippen LogP contribution in [0.3, 0.4) is 0 Å². The van der Waals surface area contributed by atoms with E-state index in [0.29, 0.717) is 0 Å². The van der Waals surface area contributed by atoms with E-state index in [-0.39, 0.29) is 29.4 Å². The predicted molar refractivity (Wildman–Crippen MR) is 78.6 cm³/mol. The van der Waals surface area contributed by atoms with Crippen LogP contribution in [0.15, 0.2) is 4.99 Å². The molecule has 1 saturated heterocycles. The Morgan fingerprint density at radius 1 is 1.25 bits per heavy atom. The molecule has 0 N–H and O–H groups in total. The van der Waals surface area contributed by atoms with Crippen LogP contribution in [0.1, 0.15) is 13.3 Å². The molecule has 1 fully saturated rings. The molecule has 1 heterocycles. The Bertz CT molecular complexity index is 225. The topological polar surface area (TPSA) is 28.1 Å². The first-order valence-electron chi connectivity index (χ1n) is 5.41. The standard InChI is InChI=1S/C11H23N3O.HI/c1-11(6-7-15-9-11)8-12-10(13(2)3)14(4)5;/h6-9H2,1-5H3;1H. The molecule has 0 aromatic heterocycles. The Hall–Kier alpha value is -0.0400. The number of aliphatic imine (C=N–C) groups is 1. The van der Waals surface area contributed by atoms with E-state index in [2.05, 4.69) is 11.9 Å². The maximum atomic E-state index is 5.42. The number of rotatable bonds is 2. The molecule has 0 radical (unpaired) electrons. The molecule has 0 aliphatic carbocycles. The molecule has 1 rings (SSSR count). The van der Waals surface area contributed by atoms with Crippen molar-refractivity contribution in [3.63, 3.8) is 0 Å². The van der Waals surface area contributed by atoms with Crippen LogP contribution in [0.4, 0.5) is 0 Å². The van der Waals surface area contributed by atoms with Crippen molar-refractivity contribution in [2.24, 2.45) is 10.4 Å². The Morgan fingerprint density at radius 2 is 1.81 bits per heavy atom. The Kier molecular flexibility index (Phi) is 6.62. The molecule has 0 aromatic carbocycles. The number of hydrogen-bond donors (Lipinski definition) is 0. The van der Waals surface area contributed by atoms with Gasteiger partial charge in [-0.05, 0) is 6.42 Å². The van der Waals surface area contributed by atoms with Crippen LogP contribution in [-0.4, -0.2) is 63.7 Å². The summed E-state index contributed by atoms with van der Waals surface area (Å²) >= 11 is 0. The zero-order valence-electron chi connectivity index (χ0n) is 11.0. The minimum absolute atomic E-state index is 0. The van der Waals surface area contributed by atoms with Crippen molar-refractivity contribution in [3.8, 4) is 0 Å². The second-order valence-electron chi connectivity index (χ2n) is 5.02. The first-order chi connectivity index (χ1) is 6.94. The van der Waals surface area contributed by atoms with Crippen LogP contribution < -0.4 is 0 Å². The van der Waals surface area contributed by atoms with E-state index < -0.39 is 0 Å². The van der Waals surface area contributed by atoms with E-state index in [1.807, 2.05) is 38.0 Å². The van der Waals surface area contributed by atoms with Gasteiger partial charge in [-0.15, -0.1) is 24.0 Å². The third kappa shape index (κ3) is 4.45. The molecule has 0 aromatic rings. The van der Waals surface area contributed by atoms with Crippen LogP contribution in [0.5, 0.6) is 0 Å². The van der Waals surface area contributed by atoms with Gasteiger partial charge in [-0.1, -0.05) is 6.92 Å². The van der Waals surface area contributed by atoms with Gasteiger partial charge >= 0.3 is 0 Å². The van der Waals surface area contributed by atoms with Crippen molar-refractivity contribution in [1.82, 2.24) is 9.80 Å². The number of halogens is 1. The molecular formula is C11H24IN3O. The predicted octanol–water partition coefficient (Wildman–Crippen LogP) is 1.51. The van der Waals surface area contributed by atoms with Gasteiger partial charge in [0.2, 0.25) is 0 Å². The smallest absolute Gasteiger partial charge is 0.195 e. The van der Waals surface area contributed by atoms with Crippen LogP contribution in [0.2, 0.25) is 0 Å². The van der Waals surface area contributed by atoms with Gasteiger partial charge in [0, 0.05) is 40.2 Å². The van der Waals surface area contributed by atoms with Crippen LogP contribution in [0, 0.1) is 5.41 Å². The Balaban J connectivity index is 0.00000225. The summed E-state index contributed by atoms with van der Waals surface area (Å²) in [7, 11) is 8.08. The van der Waals surface area contributed by atoms with Crippen LogP contribution in [-0.2, 0) is 4.74 Å². The zero-order chi connectivity index (χ0) is 11.5. The van der Waals surface area contributed by atoms with E-state index in [4.69, 9.17) is 4.74 Å². The van der Waals surface area contributed by atoms with Crippen molar-refractivity contribution in [3.05, 3.63) is 0 Å². The van der Waals surface area contributed by atoms with Gasteiger partial charge in [0.1, 0.15) is 0 Å². The van der Waals surface area contributed by atoms with Gasteiger partial charge in [0.15, 0.2) is 5.96 Å². The Morgan fingerprint density at radius 3 is 2.19 bits per heavy atom. The molecule has 0 amide bonds. The molecule has 1 atom stereocenters. The van der Waals surface area contributed by atoms with Gasteiger partial charge < -0.3 is 14.5 Å². The quantitative estimate of drug-likeness (QED) is 0.433. The van der Waals surface area contributed by atoms with E-state index in [9.17, 15) is 0 Å². The van der Waals surface area contributed by atoms with Crippen molar-refractivity contribution in [1.29, 1.82) is 0 Å². The van der Waals surface area contributed by atoms with Gasteiger partial charge in [0.05, 0.1) is 13.2 Å². The largest absolute Gasteiger partial charge is 0.381 e. The highest BCUT2D eigenvalue weighted by molar-refractivity contribution is 14.0. The minimum atomic E-state index is 0. The maximum absolute atomic E-state index is 5.42. The highest BCUT2D eigenvalue weighted by Gasteiger charge is 2.29. The normalized spacial score (nSPS) is 23.6. The number of hydrogen-bond acceptors (Lipinski definition) is 2. The lowest BCUT2D eigenvalue weighted by atomic mass is 9.90. The third-order valence-corrected chi connectivity index (χ3v) is 2.70. The molecule has 5 heteroatoms. The lowest BCUT2D eigenvalue weighted by Crippen LogP contribution is -2.36. The first-order valence-corrected chi connectivity index (χ1v) is 5.41. The summed E-state index contributed by atoms with van der Waals surface area (Å²) in [5.41, 5.74) is 0.233. The molecule has 0 saturated carbocycles. The maximum Gasteiger partial charge on any atom is 0.195 e.